The molecular formula is C20H23F2N3O. The summed E-state index contributed by atoms with van der Waals surface area (Å²) in [7, 11) is 0. The fraction of sp³-hybridized carbons (Fsp3) is 0.500. The van der Waals surface area contributed by atoms with Crippen molar-refractivity contribution in [2.45, 2.75) is 57.5 Å². The predicted molar refractivity (Wildman–Crippen MR) is 93.7 cm³/mol. The van der Waals surface area contributed by atoms with Crippen LogP contribution in [0.2, 0.25) is 0 Å². The van der Waals surface area contributed by atoms with E-state index in [0.717, 1.165) is 56.4 Å². The molecule has 26 heavy (non-hydrogen) atoms. The van der Waals surface area contributed by atoms with Crippen molar-refractivity contribution in [3.05, 3.63) is 53.1 Å². The van der Waals surface area contributed by atoms with Gasteiger partial charge in [-0.15, -0.1) is 0 Å². The Hall–Kier alpha value is -2.24. The number of carbonyl (C=O) groups excluding carboxylic acids is 1. The molecule has 1 amide bonds. The van der Waals surface area contributed by atoms with Crippen LogP contribution in [-0.4, -0.2) is 32.9 Å². The average Bonchev–Trinajstić information content (AvgIpc) is 3.26. The number of aryl methyl sites for hydroxylation is 1. The highest BCUT2D eigenvalue weighted by molar-refractivity contribution is 5.76. The van der Waals surface area contributed by atoms with Gasteiger partial charge >= 0.3 is 0 Å². The number of nitrogens with zero attached hydrogens (tertiary/aromatic N) is 3. The molecular weight excluding hydrogens is 336 g/mol. The summed E-state index contributed by atoms with van der Waals surface area (Å²) in [6, 6.07) is 3.45. The van der Waals surface area contributed by atoms with Crippen molar-refractivity contribution in [1.29, 1.82) is 0 Å². The molecule has 1 saturated heterocycles. The van der Waals surface area contributed by atoms with Gasteiger partial charge in [-0.25, -0.2) is 13.8 Å². The molecule has 1 aliphatic heterocycles. The number of aromatic nitrogens is 2. The highest BCUT2D eigenvalue weighted by Crippen LogP contribution is 2.25. The van der Waals surface area contributed by atoms with Crippen LogP contribution in [0.3, 0.4) is 0 Å². The maximum absolute atomic E-state index is 14.0. The molecule has 1 fully saturated rings. The third kappa shape index (κ3) is 3.37. The van der Waals surface area contributed by atoms with Crippen molar-refractivity contribution in [3.8, 4) is 0 Å². The summed E-state index contributed by atoms with van der Waals surface area (Å²) in [5.41, 5.74) is 2.63. The van der Waals surface area contributed by atoms with Gasteiger partial charge in [-0.3, -0.25) is 4.79 Å². The molecule has 2 aromatic rings. The summed E-state index contributed by atoms with van der Waals surface area (Å²) in [5, 5.41) is 0. The van der Waals surface area contributed by atoms with Gasteiger partial charge in [-0.05, 0) is 68.7 Å². The van der Waals surface area contributed by atoms with E-state index < -0.39 is 11.6 Å². The second-order valence-corrected chi connectivity index (χ2v) is 7.30. The molecule has 0 bridgehead atoms. The van der Waals surface area contributed by atoms with E-state index in [1.807, 2.05) is 9.47 Å². The molecule has 2 aliphatic rings. The summed E-state index contributed by atoms with van der Waals surface area (Å²) in [6.07, 6.45) is 8.10. The molecule has 0 saturated carbocycles. The second-order valence-electron chi connectivity index (χ2n) is 7.30. The van der Waals surface area contributed by atoms with Crippen molar-refractivity contribution in [1.82, 2.24) is 14.5 Å². The van der Waals surface area contributed by atoms with E-state index in [1.165, 1.54) is 11.8 Å². The van der Waals surface area contributed by atoms with Crippen molar-refractivity contribution in [2.75, 3.05) is 6.54 Å². The normalized spacial score (nSPS) is 19.6. The van der Waals surface area contributed by atoms with Crippen LogP contribution in [-0.2, 0) is 30.6 Å². The minimum Gasteiger partial charge on any atom is -0.338 e. The number of fused-ring (bicyclic) bond motifs is 1. The molecule has 2 heterocycles. The Balaban J connectivity index is 1.47. The first kappa shape index (κ1) is 17.2. The Kier molecular flexibility index (Phi) is 4.74. The van der Waals surface area contributed by atoms with Gasteiger partial charge in [0.25, 0.3) is 0 Å². The third-order valence-corrected chi connectivity index (χ3v) is 5.58. The SMILES string of the molecule is O=C(Cn1cnc2c1CCCC2)N1CCCC1Cc1cc(F)ccc1F. The zero-order valence-electron chi connectivity index (χ0n) is 14.8. The molecule has 1 atom stereocenters. The van der Waals surface area contributed by atoms with Crippen LogP contribution in [0.5, 0.6) is 0 Å². The van der Waals surface area contributed by atoms with Gasteiger partial charge in [0.05, 0.1) is 12.0 Å². The number of halogens is 2. The quantitative estimate of drug-likeness (QED) is 0.840. The first-order chi connectivity index (χ1) is 12.6. The Morgan fingerprint density at radius 2 is 2.04 bits per heavy atom. The lowest BCUT2D eigenvalue weighted by Gasteiger charge is -2.26. The van der Waals surface area contributed by atoms with E-state index in [-0.39, 0.29) is 18.5 Å². The topological polar surface area (TPSA) is 38.1 Å². The molecule has 0 spiro atoms. The van der Waals surface area contributed by atoms with Crippen LogP contribution in [0, 0.1) is 11.6 Å². The second kappa shape index (κ2) is 7.17. The molecule has 4 nitrogen and oxygen atoms in total. The number of likely N-dealkylation sites (tertiary alicyclic amines) is 1. The summed E-state index contributed by atoms with van der Waals surface area (Å²) >= 11 is 0. The number of carbonyl (C=O) groups is 1. The van der Waals surface area contributed by atoms with Crippen LogP contribution in [0.4, 0.5) is 8.78 Å². The van der Waals surface area contributed by atoms with E-state index in [9.17, 15) is 13.6 Å². The number of hydrogen-bond donors (Lipinski definition) is 0. The smallest absolute Gasteiger partial charge is 0.242 e. The molecule has 138 valence electrons. The Morgan fingerprint density at radius 3 is 2.92 bits per heavy atom. The van der Waals surface area contributed by atoms with Crippen LogP contribution in [0.1, 0.15) is 42.6 Å². The first-order valence-electron chi connectivity index (χ1n) is 9.38. The van der Waals surface area contributed by atoms with Crippen LogP contribution >= 0.6 is 0 Å². The lowest BCUT2D eigenvalue weighted by atomic mass is 10.0. The minimum atomic E-state index is -0.442. The van der Waals surface area contributed by atoms with E-state index in [0.29, 0.717) is 18.5 Å². The zero-order chi connectivity index (χ0) is 18.1. The zero-order valence-corrected chi connectivity index (χ0v) is 14.8. The van der Waals surface area contributed by atoms with E-state index >= 15 is 0 Å². The summed E-state index contributed by atoms with van der Waals surface area (Å²) in [5.74, 6) is -0.813. The van der Waals surface area contributed by atoms with Gasteiger partial charge in [0.15, 0.2) is 0 Å². The number of imidazole rings is 1. The fourth-order valence-corrected chi connectivity index (χ4v) is 4.23. The lowest BCUT2D eigenvalue weighted by molar-refractivity contribution is -0.132. The highest BCUT2D eigenvalue weighted by atomic mass is 19.1. The fourth-order valence-electron chi connectivity index (χ4n) is 4.23. The molecule has 0 N–H and O–H groups in total. The van der Waals surface area contributed by atoms with Gasteiger partial charge in [0.1, 0.15) is 18.2 Å². The maximum Gasteiger partial charge on any atom is 0.242 e. The lowest BCUT2D eigenvalue weighted by Crippen LogP contribution is -2.39. The van der Waals surface area contributed by atoms with E-state index in [1.54, 1.807) is 6.33 Å². The van der Waals surface area contributed by atoms with Gasteiger partial charge in [-0.2, -0.15) is 0 Å². The summed E-state index contributed by atoms with van der Waals surface area (Å²) < 4.78 is 29.4. The van der Waals surface area contributed by atoms with Gasteiger partial charge in [-0.1, -0.05) is 0 Å². The number of amides is 1. The predicted octanol–water partition coefficient (Wildman–Crippen LogP) is 3.27. The standard InChI is InChI=1S/C20H23F2N3O/c21-15-7-8-17(22)14(10-15)11-16-4-3-9-25(16)20(26)12-24-13-23-18-5-1-2-6-19(18)24/h7-8,10,13,16H,1-6,9,11-12H2. The molecule has 0 radical (unpaired) electrons. The molecule has 1 aromatic carbocycles. The third-order valence-electron chi connectivity index (χ3n) is 5.58. The number of hydrogen-bond acceptors (Lipinski definition) is 2. The largest absolute Gasteiger partial charge is 0.338 e. The minimum absolute atomic E-state index is 0.0371. The van der Waals surface area contributed by atoms with Crippen LogP contribution in [0.15, 0.2) is 24.5 Å². The van der Waals surface area contributed by atoms with Crippen molar-refractivity contribution >= 4 is 5.91 Å². The highest BCUT2D eigenvalue weighted by Gasteiger charge is 2.30. The first-order valence-corrected chi connectivity index (χ1v) is 9.38. The van der Waals surface area contributed by atoms with Crippen LogP contribution in [0.25, 0.3) is 0 Å². The average molecular weight is 359 g/mol. The molecule has 1 aliphatic carbocycles. The Bertz CT molecular complexity index is 817. The van der Waals surface area contributed by atoms with Gasteiger partial charge in [0.2, 0.25) is 5.91 Å². The molecule has 1 unspecified atom stereocenters. The van der Waals surface area contributed by atoms with Crippen molar-refractivity contribution in [3.63, 3.8) is 0 Å². The van der Waals surface area contributed by atoms with Crippen molar-refractivity contribution in [2.24, 2.45) is 0 Å². The number of benzene rings is 1. The molecule has 6 heteroatoms. The number of rotatable bonds is 4. The van der Waals surface area contributed by atoms with Crippen LogP contribution < -0.4 is 0 Å². The van der Waals surface area contributed by atoms with Gasteiger partial charge < -0.3 is 9.47 Å². The van der Waals surface area contributed by atoms with Gasteiger partial charge in [0, 0.05) is 18.3 Å². The molecule has 1 aromatic heterocycles. The monoisotopic (exact) mass is 359 g/mol. The molecule has 4 rings (SSSR count). The summed E-state index contributed by atoms with van der Waals surface area (Å²) in [4.78, 5) is 19.1. The van der Waals surface area contributed by atoms with E-state index in [2.05, 4.69) is 4.98 Å². The van der Waals surface area contributed by atoms with E-state index in [4.69, 9.17) is 0 Å². The summed E-state index contributed by atoms with van der Waals surface area (Å²) in [6.45, 7) is 0.960. The Morgan fingerprint density at radius 1 is 1.19 bits per heavy atom. The maximum atomic E-state index is 14.0. The Labute approximate surface area is 151 Å². The van der Waals surface area contributed by atoms with Crippen molar-refractivity contribution < 1.29 is 13.6 Å².